The van der Waals surface area contributed by atoms with Crippen LogP contribution in [0.4, 0.5) is 0 Å². The van der Waals surface area contributed by atoms with Crippen LogP contribution < -0.4 is 5.32 Å². The Kier molecular flexibility index (Phi) is 3.16. The van der Waals surface area contributed by atoms with E-state index in [0.717, 1.165) is 18.7 Å². The van der Waals surface area contributed by atoms with Crippen molar-refractivity contribution in [1.82, 2.24) is 10.2 Å². The number of hydrogen-bond acceptors (Lipinski definition) is 2. The van der Waals surface area contributed by atoms with Gasteiger partial charge in [0.15, 0.2) is 0 Å². The van der Waals surface area contributed by atoms with Gasteiger partial charge in [0.2, 0.25) is 0 Å². The molecule has 29 heavy (non-hydrogen) atoms. The van der Waals surface area contributed by atoms with Crippen LogP contribution in [0, 0.1) is 17.3 Å². The number of likely N-dealkylation sites (tertiary alicyclic amines) is 1. The summed E-state index contributed by atoms with van der Waals surface area (Å²) in [6.07, 6.45) is 6.19. The largest absolute Gasteiger partial charge is 0.335 e. The standard InChI is InChI=1S/C26H28N2O/c29-24(17-6-2-1-3-7-17)28-16-19-15-25-11-10-21(28)23(19)26(25)12-13-27-22(25)14-18-8-4-5-9-20(18)26/h1-9,19,21-23,27H,10-16H2/t19-,21?,22?,23?,25?,26?/m1/s1. The van der Waals surface area contributed by atoms with Crippen molar-refractivity contribution in [3.63, 3.8) is 0 Å². The lowest BCUT2D eigenvalue weighted by molar-refractivity contribution is -0.0446. The average Bonchev–Trinajstić information content (AvgIpc) is 3.20. The number of amides is 1. The van der Waals surface area contributed by atoms with E-state index in [1.165, 1.54) is 32.1 Å². The average molecular weight is 385 g/mol. The molecule has 6 atom stereocenters. The van der Waals surface area contributed by atoms with E-state index in [1.807, 2.05) is 30.3 Å². The molecule has 0 spiro atoms. The van der Waals surface area contributed by atoms with Gasteiger partial charge in [-0.1, -0.05) is 42.5 Å². The van der Waals surface area contributed by atoms with Crippen molar-refractivity contribution in [2.45, 2.75) is 49.6 Å². The minimum absolute atomic E-state index is 0.253. The van der Waals surface area contributed by atoms with Crippen LogP contribution in [0.5, 0.6) is 0 Å². The Hall–Kier alpha value is -2.13. The number of hydrogen-bond donors (Lipinski definition) is 1. The lowest BCUT2D eigenvalue weighted by atomic mass is 9.44. The molecule has 3 heteroatoms. The molecule has 3 nitrogen and oxygen atoms in total. The lowest BCUT2D eigenvalue weighted by Gasteiger charge is -2.64. The number of fused-ring (bicyclic) bond motifs is 1. The first-order valence-corrected chi connectivity index (χ1v) is 11.4. The van der Waals surface area contributed by atoms with Crippen molar-refractivity contribution >= 4 is 5.91 Å². The van der Waals surface area contributed by atoms with Crippen molar-refractivity contribution < 1.29 is 4.79 Å². The Balaban J connectivity index is 1.37. The van der Waals surface area contributed by atoms with Crippen molar-refractivity contribution in [3.8, 4) is 0 Å². The Morgan fingerprint density at radius 1 is 1.03 bits per heavy atom. The zero-order valence-electron chi connectivity index (χ0n) is 16.8. The quantitative estimate of drug-likeness (QED) is 0.811. The van der Waals surface area contributed by atoms with Crippen LogP contribution in [-0.2, 0) is 11.8 Å². The van der Waals surface area contributed by atoms with Crippen molar-refractivity contribution in [2.24, 2.45) is 17.3 Å². The summed E-state index contributed by atoms with van der Waals surface area (Å²) in [5.74, 6) is 1.54. The normalized spacial score (nSPS) is 41.0. The maximum atomic E-state index is 13.5. The minimum Gasteiger partial charge on any atom is -0.335 e. The SMILES string of the molecule is O=C(c1ccccc1)N1C[C@H]2CC34CCC1C2C31CCNC4Cc2ccccc21. The van der Waals surface area contributed by atoms with Gasteiger partial charge in [0.05, 0.1) is 0 Å². The molecule has 2 aromatic carbocycles. The van der Waals surface area contributed by atoms with E-state index in [9.17, 15) is 4.79 Å². The molecule has 4 fully saturated rings. The van der Waals surface area contributed by atoms with Crippen LogP contribution in [0.2, 0.25) is 0 Å². The number of carbonyl (C=O) groups is 1. The number of carbonyl (C=O) groups excluding carboxylic acids is 1. The van der Waals surface area contributed by atoms with Crippen LogP contribution in [-0.4, -0.2) is 36.0 Å². The summed E-state index contributed by atoms with van der Waals surface area (Å²) in [7, 11) is 0. The third-order valence-electron chi connectivity index (χ3n) is 9.50. The van der Waals surface area contributed by atoms with E-state index >= 15 is 0 Å². The monoisotopic (exact) mass is 384 g/mol. The van der Waals surface area contributed by atoms with Crippen molar-refractivity contribution in [3.05, 3.63) is 71.3 Å². The van der Waals surface area contributed by atoms with E-state index in [0.29, 0.717) is 29.3 Å². The topological polar surface area (TPSA) is 32.3 Å². The zero-order chi connectivity index (χ0) is 19.2. The summed E-state index contributed by atoms with van der Waals surface area (Å²) in [5.41, 5.74) is 4.75. The number of nitrogens with one attached hydrogen (secondary N) is 1. The summed E-state index contributed by atoms with van der Waals surface area (Å²) in [5, 5.41) is 3.94. The van der Waals surface area contributed by atoms with Crippen LogP contribution in [0.25, 0.3) is 0 Å². The summed E-state index contributed by atoms with van der Waals surface area (Å²) < 4.78 is 0. The third-order valence-corrected chi connectivity index (χ3v) is 9.50. The van der Waals surface area contributed by atoms with Gasteiger partial charge in [0, 0.05) is 29.6 Å². The second kappa shape index (κ2) is 5.51. The predicted molar refractivity (Wildman–Crippen MR) is 113 cm³/mol. The molecule has 0 aromatic heterocycles. The fraction of sp³-hybridized carbons (Fsp3) is 0.500. The smallest absolute Gasteiger partial charge is 0.254 e. The number of benzene rings is 2. The van der Waals surface area contributed by atoms with E-state index in [4.69, 9.17) is 0 Å². The van der Waals surface area contributed by atoms with E-state index in [2.05, 4.69) is 34.5 Å². The van der Waals surface area contributed by atoms with Gasteiger partial charge in [-0.2, -0.15) is 0 Å². The molecule has 0 radical (unpaired) electrons. The molecule has 5 aliphatic rings. The highest BCUT2D eigenvalue weighted by Crippen LogP contribution is 2.74. The molecular weight excluding hydrogens is 356 g/mol. The van der Waals surface area contributed by atoms with Crippen LogP contribution in [0.3, 0.4) is 0 Å². The molecule has 2 heterocycles. The van der Waals surface area contributed by atoms with Gasteiger partial charge in [-0.15, -0.1) is 0 Å². The van der Waals surface area contributed by atoms with Gasteiger partial charge in [0.25, 0.3) is 5.91 Å². The van der Waals surface area contributed by atoms with Crippen molar-refractivity contribution in [1.29, 1.82) is 0 Å². The van der Waals surface area contributed by atoms with E-state index in [1.54, 1.807) is 11.1 Å². The molecule has 1 amide bonds. The van der Waals surface area contributed by atoms with Gasteiger partial charge < -0.3 is 10.2 Å². The fourth-order valence-corrected chi connectivity index (χ4v) is 8.85. The first-order chi connectivity index (χ1) is 14.2. The Morgan fingerprint density at radius 2 is 1.86 bits per heavy atom. The molecule has 3 aliphatic carbocycles. The first kappa shape index (κ1) is 16.6. The highest BCUT2D eigenvalue weighted by atomic mass is 16.2. The summed E-state index contributed by atoms with van der Waals surface area (Å²) in [6.45, 7) is 2.09. The fourth-order valence-electron chi connectivity index (χ4n) is 8.85. The van der Waals surface area contributed by atoms with Gasteiger partial charge in [-0.25, -0.2) is 0 Å². The first-order valence-electron chi connectivity index (χ1n) is 11.4. The molecule has 1 N–H and O–H groups in total. The third kappa shape index (κ3) is 1.83. The minimum atomic E-state index is 0.253. The number of piperidine rings is 1. The molecular formula is C26H28N2O. The van der Waals surface area contributed by atoms with Gasteiger partial charge in [0.1, 0.15) is 0 Å². The molecule has 2 aromatic rings. The molecule has 4 bridgehead atoms. The van der Waals surface area contributed by atoms with E-state index in [-0.39, 0.29) is 11.3 Å². The summed E-state index contributed by atoms with van der Waals surface area (Å²) >= 11 is 0. The number of nitrogens with zero attached hydrogens (tertiary/aromatic N) is 1. The highest BCUT2D eigenvalue weighted by Gasteiger charge is 2.75. The predicted octanol–water partition coefficient (Wildman–Crippen LogP) is 3.78. The Bertz CT molecular complexity index is 1000. The molecule has 7 rings (SSSR count). The van der Waals surface area contributed by atoms with Crippen LogP contribution in [0.15, 0.2) is 54.6 Å². The number of rotatable bonds is 1. The molecule has 2 saturated carbocycles. The Morgan fingerprint density at radius 3 is 2.76 bits per heavy atom. The Labute approximate surface area is 172 Å². The van der Waals surface area contributed by atoms with E-state index < -0.39 is 0 Å². The van der Waals surface area contributed by atoms with Crippen LogP contribution in [0.1, 0.15) is 47.2 Å². The zero-order valence-corrected chi connectivity index (χ0v) is 16.8. The second-order valence-corrected chi connectivity index (χ2v) is 10.2. The molecule has 2 saturated heterocycles. The maximum absolute atomic E-state index is 13.5. The lowest BCUT2D eigenvalue weighted by Crippen LogP contribution is -2.69. The maximum Gasteiger partial charge on any atom is 0.254 e. The van der Waals surface area contributed by atoms with Gasteiger partial charge in [-0.3, -0.25) is 4.79 Å². The van der Waals surface area contributed by atoms with Crippen molar-refractivity contribution in [2.75, 3.05) is 13.1 Å². The van der Waals surface area contributed by atoms with Gasteiger partial charge >= 0.3 is 0 Å². The molecule has 5 unspecified atom stereocenters. The summed E-state index contributed by atoms with van der Waals surface area (Å²) in [6, 6.07) is 20.3. The van der Waals surface area contributed by atoms with Crippen LogP contribution >= 0.6 is 0 Å². The summed E-state index contributed by atoms with van der Waals surface area (Å²) in [4.78, 5) is 15.7. The highest BCUT2D eigenvalue weighted by molar-refractivity contribution is 5.94. The molecule has 148 valence electrons. The van der Waals surface area contributed by atoms with Gasteiger partial charge in [-0.05, 0) is 79.2 Å². The molecule has 2 aliphatic heterocycles. The second-order valence-electron chi connectivity index (χ2n) is 10.2.